The molecule has 0 bridgehead atoms. The second-order valence-corrected chi connectivity index (χ2v) is 15.8. The molecule has 14 heteroatoms. The largest absolute Gasteiger partial charge is 0.481 e. The molecule has 2 unspecified atom stereocenters. The number of nitrogens with zero attached hydrogens (tertiary/aromatic N) is 2. The van der Waals surface area contributed by atoms with Crippen LogP contribution in [0.3, 0.4) is 0 Å². The molecule has 2 amide bonds. The topological polar surface area (TPSA) is 139 Å². The van der Waals surface area contributed by atoms with Crippen LogP contribution >= 0.6 is 46.4 Å². The molecule has 0 fully saturated rings. The molecule has 4 aromatic carbocycles. The first-order valence-corrected chi connectivity index (χ1v) is 18.5. The predicted molar refractivity (Wildman–Crippen MR) is 209 cm³/mol. The van der Waals surface area contributed by atoms with Gasteiger partial charge in [0.25, 0.3) is 0 Å². The highest BCUT2D eigenvalue weighted by Crippen LogP contribution is 2.57. The van der Waals surface area contributed by atoms with E-state index in [1.54, 1.807) is 12.1 Å². The van der Waals surface area contributed by atoms with Gasteiger partial charge in [0.15, 0.2) is 0 Å². The van der Waals surface area contributed by atoms with Crippen molar-refractivity contribution in [1.82, 2.24) is 20.4 Å². The van der Waals surface area contributed by atoms with Crippen molar-refractivity contribution < 1.29 is 29.4 Å². The molecular formula is C38H42Cl4N4O6. The van der Waals surface area contributed by atoms with E-state index in [0.717, 1.165) is 18.5 Å². The van der Waals surface area contributed by atoms with Crippen LogP contribution in [0.15, 0.2) is 30.3 Å². The number of carbonyl (C=O) groups is 4. The van der Waals surface area contributed by atoms with Gasteiger partial charge in [-0.1, -0.05) is 46.9 Å². The lowest BCUT2D eigenvalue weighted by molar-refractivity contribution is -0.137. The van der Waals surface area contributed by atoms with E-state index in [0.29, 0.717) is 68.7 Å². The SMILES string of the molecule is CN(C)CCCNC(=O)CC1C(CC(=O)O)=c2c(CC(=O)O)cc(Cl)c3c2c(c2c(Cl)ccc4ccc(Cl)c3c42)C1(Cl)CC(=O)NCCCN(C)C. The Morgan fingerprint density at radius 2 is 1.27 bits per heavy atom. The zero-order chi connectivity index (χ0) is 38.1. The van der Waals surface area contributed by atoms with Crippen LogP contribution < -0.4 is 15.9 Å². The first-order chi connectivity index (χ1) is 24.5. The lowest BCUT2D eigenvalue weighted by Gasteiger charge is -2.42. The number of carboxylic acids is 2. The average Bonchev–Trinajstić information content (AvgIpc) is 3.04. The van der Waals surface area contributed by atoms with Gasteiger partial charge < -0.3 is 30.6 Å². The highest BCUT2D eigenvalue weighted by Gasteiger charge is 2.49. The number of carboxylic acid groups (broad SMARTS) is 2. The second-order valence-electron chi connectivity index (χ2n) is 13.9. The summed E-state index contributed by atoms with van der Waals surface area (Å²) in [4.78, 5) is 55.1. The third-order valence-electron chi connectivity index (χ3n) is 9.60. The predicted octanol–water partition coefficient (Wildman–Crippen LogP) is 6.06. The van der Waals surface area contributed by atoms with E-state index in [-0.39, 0.29) is 34.0 Å². The molecule has 0 aliphatic heterocycles. The number of benzene rings is 4. The van der Waals surface area contributed by atoms with Crippen LogP contribution in [0.5, 0.6) is 0 Å². The molecule has 52 heavy (non-hydrogen) atoms. The summed E-state index contributed by atoms with van der Waals surface area (Å²) in [6.07, 6.45) is -0.397. The number of amides is 2. The fourth-order valence-corrected chi connectivity index (χ4v) is 8.90. The molecule has 10 nitrogen and oxygen atoms in total. The molecule has 1 aliphatic rings. The summed E-state index contributed by atoms with van der Waals surface area (Å²) in [5.41, 5.74) is 0.840. The second kappa shape index (κ2) is 16.3. The minimum atomic E-state index is -1.75. The van der Waals surface area contributed by atoms with Gasteiger partial charge in [-0.3, -0.25) is 19.2 Å². The molecule has 4 N–H and O–H groups in total. The highest BCUT2D eigenvalue weighted by molar-refractivity contribution is 6.48. The summed E-state index contributed by atoms with van der Waals surface area (Å²) in [7, 11) is 7.71. The summed E-state index contributed by atoms with van der Waals surface area (Å²) < 4.78 is 0. The molecule has 0 radical (unpaired) electrons. The smallest absolute Gasteiger partial charge is 0.307 e. The van der Waals surface area contributed by atoms with E-state index in [2.05, 4.69) is 10.6 Å². The Morgan fingerprint density at radius 1 is 0.731 bits per heavy atom. The number of hydrogen-bond donors (Lipinski definition) is 4. The van der Waals surface area contributed by atoms with E-state index in [4.69, 9.17) is 46.4 Å². The van der Waals surface area contributed by atoms with Crippen LogP contribution in [0.4, 0.5) is 0 Å². The Kier molecular flexibility index (Phi) is 12.5. The van der Waals surface area contributed by atoms with E-state index in [9.17, 15) is 29.4 Å². The van der Waals surface area contributed by atoms with Gasteiger partial charge >= 0.3 is 11.9 Å². The number of hydrogen-bond acceptors (Lipinski definition) is 6. The molecule has 0 spiro atoms. The number of nitrogens with one attached hydrogen (secondary N) is 2. The number of alkyl halides is 1. The quantitative estimate of drug-likeness (QED) is 0.0466. The number of halogens is 4. The molecular weight excluding hydrogens is 750 g/mol. The first kappa shape index (κ1) is 39.8. The molecule has 1 aliphatic carbocycles. The van der Waals surface area contributed by atoms with Crippen molar-refractivity contribution in [3.05, 3.63) is 61.7 Å². The van der Waals surface area contributed by atoms with Crippen molar-refractivity contribution in [3.63, 3.8) is 0 Å². The van der Waals surface area contributed by atoms with Crippen molar-refractivity contribution >= 4 is 108 Å². The van der Waals surface area contributed by atoms with Gasteiger partial charge in [0.05, 0.1) is 24.1 Å². The fourth-order valence-electron chi connectivity index (χ4n) is 7.56. The molecule has 278 valence electrons. The van der Waals surface area contributed by atoms with Gasteiger partial charge in [-0.05, 0) is 105 Å². The Labute approximate surface area is 322 Å². The van der Waals surface area contributed by atoms with Crippen molar-refractivity contribution in [1.29, 1.82) is 0 Å². The monoisotopic (exact) mass is 790 g/mol. The molecule has 5 rings (SSSR count). The maximum Gasteiger partial charge on any atom is 0.307 e. The summed E-state index contributed by atoms with van der Waals surface area (Å²) >= 11 is 29.0. The Bertz CT molecular complexity index is 2130. The zero-order valence-corrected chi connectivity index (χ0v) is 32.5. The standard InChI is InChI=1S/C38H42Cl4N4O6/c1-45(2)13-5-11-43-27(47)18-23-22(17-30(51)52)31-21(16-29(49)50)15-26(41)34-33-24(39)9-7-20-8-10-25(40)35(32(20)33)37(36(31)34)38(23,42)19-28(48)44-12-6-14-46(3)4/h7-10,15,23H,5-6,11-14,16-19H2,1-4H3,(H,43,47)(H,44,48)(H,49,50)(H,51,52). The molecule has 0 heterocycles. The van der Waals surface area contributed by atoms with E-state index < -0.39 is 47.4 Å². The third-order valence-corrected chi connectivity index (χ3v) is 11.1. The lowest BCUT2D eigenvalue weighted by atomic mass is 9.67. The van der Waals surface area contributed by atoms with Crippen LogP contribution in [0.1, 0.15) is 43.2 Å². The van der Waals surface area contributed by atoms with Crippen molar-refractivity contribution in [2.45, 2.75) is 43.4 Å². The van der Waals surface area contributed by atoms with Crippen LogP contribution in [0.25, 0.3) is 37.9 Å². The maximum absolute atomic E-state index is 14.0. The number of fused-ring (bicyclic) bond motifs is 2. The first-order valence-electron chi connectivity index (χ1n) is 17.0. The van der Waals surface area contributed by atoms with Crippen LogP contribution in [0, 0.1) is 5.92 Å². The highest BCUT2D eigenvalue weighted by atomic mass is 35.5. The zero-order valence-electron chi connectivity index (χ0n) is 29.5. The summed E-state index contributed by atoms with van der Waals surface area (Å²) in [5, 5.41) is 30.6. The summed E-state index contributed by atoms with van der Waals surface area (Å²) in [5.74, 6) is -4.29. The van der Waals surface area contributed by atoms with Gasteiger partial charge in [0.1, 0.15) is 0 Å². The third kappa shape index (κ3) is 8.07. The summed E-state index contributed by atoms with van der Waals surface area (Å²) in [6.45, 7) is 2.17. The normalized spacial score (nSPS) is 17.1. The van der Waals surface area contributed by atoms with E-state index in [1.165, 1.54) is 6.07 Å². The Hall–Kier alpha value is -3.38. The Morgan fingerprint density at radius 3 is 1.83 bits per heavy atom. The van der Waals surface area contributed by atoms with Crippen molar-refractivity contribution in [3.8, 4) is 0 Å². The molecule has 4 aromatic rings. The van der Waals surface area contributed by atoms with Crippen LogP contribution in [0.2, 0.25) is 15.1 Å². The van der Waals surface area contributed by atoms with Gasteiger partial charge in [0.2, 0.25) is 11.8 Å². The average molecular weight is 793 g/mol. The van der Waals surface area contributed by atoms with Crippen LogP contribution in [-0.2, 0) is 30.5 Å². The number of carbonyl (C=O) groups excluding carboxylic acids is 2. The maximum atomic E-state index is 14.0. The van der Waals surface area contributed by atoms with E-state index in [1.807, 2.05) is 50.1 Å². The van der Waals surface area contributed by atoms with Crippen molar-refractivity contribution in [2.24, 2.45) is 5.92 Å². The molecule has 0 saturated carbocycles. The lowest BCUT2D eigenvalue weighted by Crippen LogP contribution is -2.45. The van der Waals surface area contributed by atoms with E-state index >= 15 is 0 Å². The van der Waals surface area contributed by atoms with Crippen LogP contribution in [-0.4, -0.2) is 98.1 Å². The van der Waals surface area contributed by atoms with Gasteiger partial charge in [-0.15, -0.1) is 11.6 Å². The molecule has 0 saturated heterocycles. The van der Waals surface area contributed by atoms with Crippen molar-refractivity contribution in [2.75, 3.05) is 54.4 Å². The van der Waals surface area contributed by atoms with Gasteiger partial charge in [0, 0.05) is 62.0 Å². The molecule has 2 atom stereocenters. The minimum absolute atomic E-state index is 0.173. The minimum Gasteiger partial charge on any atom is -0.481 e. The Balaban J connectivity index is 1.90. The fraction of sp³-hybridized carbons (Fsp3) is 0.421. The number of rotatable bonds is 16. The summed E-state index contributed by atoms with van der Waals surface area (Å²) in [6, 6.07) is 8.61. The number of aliphatic carboxylic acids is 2. The van der Waals surface area contributed by atoms with Gasteiger partial charge in [-0.25, -0.2) is 0 Å². The van der Waals surface area contributed by atoms with Gasteiger partial charge in [-0.2, -0.15) is 0 Å². The molecule has 0 aromatic heterocycles.